The average molecular weight is 230 g/mol. The molecular formula is C15H22N2. The fourth-order valence-corrected chi connectivity index (χ4v) is 4.99. The third-order valence-electron chi connectivity index (χ3n) is 5.47. The van der Waals surface area contributed by atoms with Gasteiger partial charge in [0.2, 0.25) is 0 Å². The highest BCUT2D eigenvalue weighted by molar-refractivity contribution is 5.91. The van der Waals surface area contributed by atoms with Gasteiger partial charge in [0.15, 0.2) is 0 Å². The van der Waals surface area contributed by atoms with Gasteiger partial charge in [-0.3, -0.25) is 9.98 Å². The Morgan fingerprint density at radius 1 is 1.00 bits per heavy atom. The van der Waals surface area contributed by atoms with Gasteiger partial charge in [-0.1, -0.05) is 0 Å². The quantitative estimate of drug-likeness (QED) is 0.661. The van der Waals surface area contributed by atoms with Crippen LogP contribution in [-0.4, -0.2) is 24.5 Å². The zero-order valence-electron chi connectivity index (χ0n) is 10.5. The van der Waals surface area contributed by atoms with Crippen molar-refractivity contribution in [2.45, 2.75) is 51.0 Å². The van der Waals surface area contributed by atoms with Crippen molar-refractivity contribution in [3.05, 3.63) is 0 Å². The van der Waals surface area contributed by atoms with Gasteiger partial charge < -0.3 is 0 Å². The SMILES string of the molecule is C1=NCC(=NC2C3CC4CC(C3)CC2C4)CC1. The Morgan fingerprint density at radius 2 is 1.71 bits per heavy atom. The molecule has 0 radical (unpaired) electrons. The van der Waals surface area contributed by atoms with Crippen LogP contribution in [0.25, 0.3) is 0 Å². The predicted octanol–water partition coefficient (Wildman–Crippen LogP) is 3.12. The molecule has 0 amide bonds. The van der Waals surface area contributed by atoms with E-state index in [9.17, 15) is 0 Å². The number of rotatable bonds is 1. The molecule has 2 nitrogen and oxygen atoms in total. The first-order valence-electron chi connectivity index (χ1n) is 7.42. The van der Waals surface area contributed by atoms with Gasteiger partial charge in [-0.25, -0.2) is 0 Å². The van der Waals surface area contributed by atoms with E-state index in [0.29, 0.717) is 6.04 Å². The van der Waals surface area contributed by atoms with Crippen LogP contribution in [0.15, 0.2) is 9.98 Å². The molecule has 1 aliphatic heterocycles. The molecule has 0 aromatic rings. The van der Waals surface area contributed by atoms with Gasteiger partial charge in [0.25, 0.3) is 0 Å². The third kappa shape index (κ3) is 1.76. The highest BCUT2D eigenvalue weighted by atomic mass is 14.9. The first-order valence-corrected chi connectivity index (χ1v) is 7.42. The van der Waals surface area contributed by atoms with Crippen molar-refractivity contribution in [3.8, 4) is 0 Å². The van der Waals surface area contributed by atoms with Crippen molar-refractivity contribution in [2.24, 2.45) is 33.7 Å². The third-order valence-corrected chi connectivity index (χ3v) is 5.47. The summed E-state index contributed by atoms with van der Waals surface area (Å²) in [5, 5.41) is 0. The molecule has 2 heteroatoms. The molecule has 0 spiro atoms. The summed E-state index contributed by atoms with van der Waals surface area (Å²) in [6.07, 6.45) is 11.8. The van der Waals surface area contributed by atoms with Crippen LogP contribution in [0.4, 0.5) is 0 Å². The molecule has 5 rings (SSSR count). The molecule has 4 saturated carbocycles. The van der Waals surface area contributed by atoms with Crippen LogP contribution in [0.2, 0.25) is 0 Å². The van der Waals surface area contributed by atoms with Crippen molar-refractivity contribution in [1.29, 1.82) is 0 Å². The zero-order chi connectivity index (χ0) is 11.2. The van der Waals surface area contributed by atoms with Gasteiger partial charge in [0.05, 0.1) is 12.6 Å². The normalized spacial score (nSPS) is 50.1. The maximum atomic E-state index is 5.14. The standard InChI is InChI=1S/C15H22N2/c1-2-14(9-16-3-1)17-15-12-5-10-4-11(7-12)8-13(15)6-10/h3,10-13,15H,1-2,4-9H2. The van der Waals surface area contributed by atoms with Crippen molar-refractivity contribution in [1.82, 2.24) is 0 Å². The van der Waals surface area contributed by atoms with Gasteiger partial charge in [-0.15, -0.1) is 0 Å². The average Bonchev–Trinajstić information content (AvgIpc) is 2.34. The Bertz CT molecular complexity index is 341. The molecule has 17 heavy (non-hydrogen) atoms. The molecule has 5 aliphatic rings. The molecule has 4 aliphatic carbocycles. The van der Waals surface area contributed by atoms with Crippen LogP contribution in [0, 0.1) is 23.7 Å². The van der Waals surface area contributed by atoms with E-state index in [1.807, 2.05) is 0 Å². The van der Waals surface area contributed by atoms with Crippen LogP contribution in [-0.2, 0) is 0 Å². The molecule has 0 atom stereocenters. The number of hydrogen-bond donors (Lipinski definition) is 0. The Hall–Kier alpha value is -0.660. The summed E-state index contributed by atoms with van der Waals surface area (Å²) in [5.74, 6) is 4.01. The molecule has 0 saturated heterocycles. The molecular weight excluding hydrogens is 208 g/mol. The van der Waals surface area contributed by atoms with Crippen LogP contribution in [0.3, 0.4) is 0 Å². The lowest BCUT2D eigenvalue weighted by molar-refractivity contribution is 0.00118. The summed E-state index contributed by atoms with van der Waals surface area (Å²) in [6, 6.07) is 0.686. The summed E-state index contributed by atoms with van der Waals surface area (Å²) in [7, 11) is 0. The minimum atomic E-state index is 0.686. The number of nitrogens with zero attached hydrogens (tertiary/aromatic N) is 2. The molecule has 0 N–H and O–H groups in total. The maximum Gasteiger partial charge on any atom is 0.0764 e. The molecule has 92 valence electrons. The fourth-order valence-electron chi connectivity index (χ4n) is 4.99. The first kappa shape index (κ1) is 10.3. The number of hydrogen-bond acceptors (Lipinski definition) is 2. The van der Waals surface area contributed by atoms with E-state index in [1.54, 1.807) is 6.42 Å². The summed E-state index contributed by atoms with van der Waals surface area (Å²) in [6.45, 7) is 0.892. The largest absolute Gasteiger partial charge is 0.292 e. The summed E-state index contributed by atoms with van der Waals surface area (Å²) >= 11 is 0. The Kier molecular flexibility index (Phi) is 2.38. The molecule has 0 unspecified atom stereocenters. The lowest BCUT2D eigenvalue weighted by Crippen LogP contribution is -2.47. The molecule has 4 fully saturated rings. The molecule has 0 aromatic carbocycles. The van der Waals surface area contributed by atoms with E-state index in [-0.39, 0.29) is 0 Å². The second kappa shape index (κ2) is 3.93. The fraction of sp³-hybridized carbons (Fsp3) is 0.867. The Morgan fingerprint density at radius 3 is 2.29 bits per heavy atom. The van der Waals surface area contributed by atoms with Gasteiger partial charge in [0, 0.05) is 5.71 Å². The molecule has 0 aromatic heterocycles. The van der Waals surface area contributed by atoms with E-state index in [4.69, 9.17) is 4.99 Å². The topological polar surface area (TPSA) is 24.7 Å². The lowest BCUT2D eigenvalue weighted by atomic mass is 9.54. The summed E-state index contributed by atoms with van der Waals surface area (Å²) in [4.78, 5) is 9.52. The van der Waals surface area contributed by atoms with Gasteiger partial charge >= 0.3 is 0 Å². The minimum Gasteiger partial charge on any atom is -0.292 e. The highest BCUT2D eigenvalue weighted by Gasteiger charge is 2.48. The summed E-state index contributed by atoms with van der Waals surface area (Å²) in [5.41, 5.74) is 1.39. The lowest BCUT2D eigenvalue weighted by Gasteiger charge is -2.53. The maximum absolute atomic E-state index is 5.14. The van der Waals surface area contributed by atoms with Gasteiger partial charge in [-0.05, 0) is 74.8 Å². The van der Waals surface area contributed by atoms with E-state index < -0.39 is 0 Å². The van der Waals surface area contributed by atoms with E-state index in [2.05, 4.69) is 11.2 Å². The van der Waals surface area contributed by atoms with Crippen molar-refractivity contribution in [3.63, 3.8) is 0 Å². The summed E-state index contributed by atoms with van der Waals surface area (Å²) < 4.78 is 0. The van der Waals surface area contributed by atoms with Crippen LogP contribution in [0.5, 0.6) is 0 Å². The van der Waals surface area contributed by atoms with Crippen LogP contribution in [0.1, 0.15) is 44.9 Å². The minimum absolute atomic E-state index is 0.686. The Labute approximate surface area is 104 Å². The molecule has 4 bridgehead atoms. The molecule has 1 heterocycles. The Balaban J connectivity index is 1.56. The van der Waals surface area contributed by atoms with Crippen molar-refractivity contribution >= 4 is 11.9 Å². The van der Waals surface area contributed by atoms with E-state index >= 15 is 0 Å². The second-order valence-corrected chi connectivity index (χ2v) is 6.68. The van der Waals surface area contributed by atoms with Crippen LogP contribution < -0.4 is 0 Å². The van der Waals surface area contributed by atoms with Crippen molar-refractivity contribution in [2.75, 3.05) is 6.54 Å². The monoisotopic (exact) mass is 230 g/mol. The van der Waals surface area contributed by atoms with Gasteiger partial charge in [-0.2, -0.15) is 0 Å². The van der Waals surface area contributed by atoms with E-state index in [1.165, 1.54) is 37.8 Å². The van der Waals surface area contributed by atoms with Crippen LogP contribution >= 0.6 is 0 Å². The van der Waals surface area contributed by atoms with Crippen molar-refractivity contribution < 1.29 is 0 Å². The first-order chi connectivity index (χ1) is 8.38. The van der Waals surface area contributed by atoms with E-state index in [0.717, 1.165) is 36.6 Å². The zero-order valence-corrected chi connectivity index (χ0v) is 10.5. The van der Waals surface area contributed by atoms with Gasteiger partial charge in [0.1, 0.15) is 0 Å². The number of aliphatic imine (C=N–C) groups is 2. The second-order valence-electron chi connectivity index (χ2n) is 6.68. The predicted molar refractivity (Wildman–Crippen MR) is 70.9 cm³/mol. The smallest absolute Gasteiger partial charge is 0.0764 e. The highest BCUT2D eigenvalue weighted by Crippen LogP contribution is 2.54.